The first-order valence-electron chi connectivity index (χ1n) is 12.4. The molecule has 0 spiro atoms. The van der Waals surface area contributed by atoms with E-state index in [4.69, 9.17) is 4.74 Å². The molecule has 0 radical (unpaired) electrons. The van der Waals surface area contributed by atoms with Gasteiger partial charge in [0.05, 0.1) is 6.61 Å². The van der Waals surface area contributed by atoms with Crippen molar-refractivity contribution in [3.05, 3.63) is 59.2 Å². The zero-order chi connectivity index (χ0) is 27.8. The van der Waals surface area contributed by atoms with E-state index in [1.54, 1.807) is 32.9 Å². The fourth-order valence-electron chi connectivity index (χ4n) is 3.86. The molecule has 0 aliphatic carbocycles. The van der Waals surface area contributed by atoms with Gasteiger partial charge in [0.2, 0.25) is 5.91 Å². The van der Waals surface area contributed by atoms with Gasteiger partial charge in [-0.3, -0.25) is 9.59 Å². The van der Waals surface area contributed by atoms with Crippen LogP contribution in [0.1, 0.15) is 63.3 Å². The number of para-hydroxylation sites is 1. The van der Waals surface area contributed by atoms with Crippen LogP contribution in [0, 0.1) is 13.8 Å². The molecule has 3 amide bonds. The van der Waals surface area contributed by atoms with E-state index in [-0.39, 0.29) is 12.3 Å². The van der Waals surface area contributed by atoms with Crippen LogP contribution in [0.3, 0.4) is 0 Å². The number of aliphatic hydroxyl groups excluding tert-OH is 1. The summed E-state index contributed by atoms with van der Waals surface area (Å²) in [5, 5.41) is 25.2. The molecule has 0 saturated heterocycles. The second-order valence-electron chi connectivity index (χ2n) is 10.0. The molecule has 0 aliphatic heterocycles. The molecule has 0 aliphatic rings. The van der Waals surface area contributed by atoms with Gasteiger partial charge in [-0.25, -0.2) is 4.79 Å². The maximum atomic E-state index is 13.8. The molecular formula is C28H39N3O6. The Labute approximate surface area is 218 Å². The number of nitrogens with one attached hydrogen (secondary N) is 2. The van der Waals surface area contributed by atoms with Crippen molar-refractivity contribution < 1.29 is 29.3 Å². The first-order valence-corrected chi connectivity index (χ1v) is 12.4. The first kappa shape index (κ1) is 29.6. The van der Waals surface area contributed by atoms with Gasteiger partial charge in [-0.2, -0.15) is 0 Å². The Kier molecular flexibility index (Phi) is 10.5. The van der Waals surface area contributed by atoms with E-state index in [1.807, 2.05) is 39.0 Å². The van der Waals surface area contributed by atoms with Crippen LogP contribution in [0.4, 0.5) is 10.5 Å². The normalized spacial score (nSPS) is 12.8. The van der Waals surface area contributed by atoms with Gasteiger partial charge in [0, 0.05) is 12.2 Å². The molecule has 2 unspecified atom stereocenters. The van der Waals surface area contributed by atoms with Gasteiger partial charge in [-0.05, 0) is 69.9 Å². The molecule has 9 heteroatoms. The van der Waals surface area contributed by atoms with E-state index in [1.165, 1.54) is 17.0 Å². The number of nitrogens with zero attached hydrogens (tertiary/aromatic N) is 1. The fraction of sp³-hybridized carbons (Fsp3) is 0.464. The highest BCUT2D eigenvalue weighted by Crippen LogP contribution is 2.28. The summed E-state index contributed by atoms with van der Waals surface area (Å²) < 4.78 is 5.25. The summed E-state index contributed by atoms with van der Waals surface area (Å²) in [7, 11) is 0. The molecule has 2 aromatic carbocycles. The van der Waals surface area contributed by atoms with E-state index >= 15 is 0 Å². The number of amides is 3. The van der Waals surface area contributed by atoms with Gasteiger partial charge >= 0.3 is 6.09 Å². The molecule has 2 aromatic rings. The van der Waals surface area contributed by atoms with Gasteiger partial charge in [-0.15, -0.1) is 0 Å². The Morgan fingerprint density at radius 1 is 1.03 bits per heavy atom. The van der Waals surface area contributed by atoms with Crippen molar-refractivity contribution in [1.29, 1.82) is 0 Å². The molecule has 0 aromatic heterocycles. The molecule has 0 heterocycles. The van der Waals surface area contributed by atoms with Crippen LogP contribution < -0.4 is 10.6 Å². The van der Waals surface area contributed by atoms with Crippen LogP contribution in [-0.4, -0.2) is 57.8 Å². The van der Waals surface area contributed by atoms with Crippen LogP contribution in [-0.2, 0) is 14.3 Å². The summed E-state index contributed by atoms with van der Waals surface area (Å²) in [5.41, 5.74) is 2.05. The number of benzene rings is 2. The summed E-state index contributed by atoms with van der Waals surface area (Å²) in [6.07, 6.45) is 0.478. The number of hydrogen-bond acceptors (Lipinski definition) is 6. The molecule has 0 bridgehead atoms. The van der Waals surface area contributed by atoms with Gasteiger partial charge in [0.1, 0.15) is 23.4 Å². The Morgan fingerprint density at radius 3 is 2.14 bits per heavy atom. The van der Waals surface area contributed by atoms with Crippen molar-refractivity contribution >= 4 is 23.6 Å². The fourth-order valence-corrected chi connectivity index (χ4v) is 3.86. The lowest BCUT2D eigenvalue weighted by atomic mass is 10.0. The molecular weight excluding hydrogens is 474 g/mol. The molecule has 0 fully saturated rings. The summed E-state index contributed by atoms with van der Waals surface area (Å²) in [6.45, 7) is 10.3. The topological polar surface area (TPSA) is 128 Å². The number of aromatic hydroxyl groups is 1. The second-order valence-corrected chi connectivity index (χ2v) is 10.0. The van der Waals surface area contributed by atoms with Crippen molar-refractivity contribution in [3.63, 3.8) is 0 Å². The van der Waals surface area contributed by atoms with Crippen molar-refractivity contribution in [2.75, 3.05) is 18.5 Å². The zero-order valence-corrected chi connectivity index (χ0v) is 22.5. The van der Waals surface area contributed by atoms with E-state index in [0.717, 1.165) is 17.5 Å². The molecule has 4 N–H and O–H groups in total. The summed E-state index contributed by atoms with van der Waals surface area (Å²) in [4.78, 5) is 41.2. The highest BCUT2D eigenvalue weighted by molar-refractivity contribution is 6.00. The largest absolute Gasteiger partial charge is 0.508 e. The number of rotatable bonds is 10. The monoisotopic (exact) mass is 513 g/mol. The lowest BCUT2D eigenvalue weighted by Crippen LogP contribution is -2.54. The average Bonchev–Trinajstić information content (AvgIpc) is 2.82. The molecule has 202 valence electrons. The number of hydrogen-bond donors (Lipinski definition) is 4. The second kappa shape index (κ2) is 13.1. The minimum atomic E-state index is -1.32. The highest BCUT2D eigenvalue weighted by Gasteiger charge is 2.36. The number of phenols is 1. The smallest absolute Gasteiger partial charge is 0.408 e. The minimum Gasteiger partial charge on any atom is -0.508 e. The summed E-state index contributed by atoms with van der Waals surface area (Å²) >= 11 is 0. The highest BCUT2D eigenvalue weighted by atomic mass is 16.6. The lowest BCUT2D eigenvalue weighted by molar-refractivity contribution is -0.141. The maximum absolute atomic E-state index is 13.8. The van der Waals surface area contributed by atoms with E-state index < -0.39 is 42.2 Å². The number of alkyl carbamates (subject to hydrolysis) is 1. The van der Waals surface area contributed by atoms with Crippen LogP contribution in [0.15, 0.2) is 42.5 Å². The Hall–Kier alpha value is -3.59. The number of carbonyl (C=O) groups excluding carboxylic acids is 3. The number of unbranched alkanes of at least 4 members (excludes halogenated alkanes) is 1. The first-order chi connectivity index (χ1) is 17.4. The SMILES string of the molecule is CCCCN(C(=O)C(CO)NC(=O)OC(C)(C)C)C(C(=O)Nc1c(C)cccc1C)c1ccc(O)cc1. The number of aliphatic hydroxyl groups is 1. The average molecular weight is 514 g/mol. The Morgan fingerprint density at radius 2 is 1.62 bits per heavy atom. The van der Waals surface area contributed by atoms with Gasteiger partial charge in [0.25, 0.3) is 5.91 Å². The Balaban J connectivity index is 2.49. The molecule has 37 heavy (non-hydrogen) atoms. The van der Waals surface area contributed by atoms with Gasteiger partial charge < -0.3 is 30.5 Å². The van der Waals surface area contributed by atoms with Crippen molar-refractivity contribution in [1.82, 2.24) is 10.2 Å². The number of aryl methyl sites for hydroxylation is 2. The molecule has 2 rings (SSSR count). The third-order valence-corrected chi connectivity index (χ3v) is 5.71. The lowest BCUT2D eigenvalue weighted by Gasteiger charge is -2.34. The van der Waals surface area contributed by atoms with E-state index in [2.05, 4.69) is 10.6 Å². The van der Waals surface area contributed by atoms with Crippen LogP contribution in [0.2, 0.25) is 0 Å². The van der Waals surface area contributed by atoms with E-state index in [0.29, 0.717) is 17.7 Å². The third-order valence-electron chi connectivity index (χ3n) is 5.71. The number of ether oxygens (including phenoxy) is 1. The number of carbonyl (C=O) groups is 3. The van der Waals surface area contributed by atoms with Crippen LogP contribution in [0.25, 0.3) is 0 Å². The van der Waals surface area contributed by atoms with Crippen LogP contribution >= 0.6 is 0 Å². The predicted octanol–water partition coefficient (Wildman–Crippen LogP) is 4.20. The molecule has 0 saturated carbocycles. The third kappa shape index (κ3) is 8.49. The Bertz CT molecular complexity index is 1060. The summed E-state index contributed by atoms with van der Waals surface area (Å²) in [5.74, 6) is -1.07. The summed E-state index contributed by atoms with van der Waals surface area (Å²) in [6, 6.07) is 9.28. The molecule has 9 nitrogen and oxygen atoms in total. The predicted molar refractivity (Wildman–Crippen MR) is 142 cm³/mol. The van der Waals surface area contributed by atoms with Crippen LogP contribution in [0.5, 0.6) is 5.75 Å². The number of anilines is 1. The van der Waals surface area contributed by atoms with Gasteiger partial charge in [0.15, 0.2) is 0 Å². The minimum absolute atomic E-state index is 0.0175. The zero-order valence-electron chi connectivity index (χ0n) is 22.5. The van der Waals surface area contributed by atoms with Crippen molar-refractivity contribution in [2.45, 2.75) is 72.1 Å². The quantitative estimate of drug-likeness (QED) is 0.377. The van der Waals surface area contributed by atoms with Gasteiger partial charge in [-0.1, -0.05) is 43.7 Å². The number of phenolic OH excluding ortho intramolecular Hbond substituents is 1. The maximum Gasteiger partial charge on any atom is 0.408 e. The molecule has 2 atom stereocenters. The van der Waals surface area contributed by atoms with E-state index in [9.17, 15) is 24.6 Å². The van der Waals surface area contributed by atoms with Crippen molar-refractivity contribution in [3.8, 4) is 5.75 Å². The standard InChI is InChI=1S/C28H39N3O6/c1-7-8-16-31(26(35)22(17-32)29-27(36)37-28(4,5)6)24(20-12-14-21(33)15-13-20)25(34)30-23-18(2)10-9-11-19(23)3/h9-15,22,24,32-33H,7-8,16-17H2,1-6H3,(H,29,36)(H,30,34). The van der Waals surface area contributed by atoms with Crippen molar-refractivity contribution in [2.24, 2.45) is 0 Å².